The molecule has 1 N–H and O–H groups in total. The first-order chi connectivity index (χ1) is 15.1. The highest BCUT2D eigenvalue weighted by molar-refractivity contribution is 7.89. The molecule has 7 nitrogen and oxygen atoms in total. The molecular formula is C24H32N2O5S. The number of nitrogens with one attached hydrogen (secondary N) is 1. The highest BCUT2D eigenvalue weighted by Gasteiger charge is 2.29. The lowest BCUT2D eigenvalue weighted by Gasteiger charge is -2.26. The Morgan fingerprint density at radius 1 is 1.03 bits per heavy atom. The Morgan fingerprint density at radius 3 is 2.38 bits per heavy atom. The van der Waals surface area contributed by atoms with Crippen LogP contribution in [0.15, 0.2) is 35.2 Å². The fraction of sp³-hybridized carbons (Fsp3) is 0.458. The number of methoxy groups -OCH3 is 1. The molecule has 0 aromatic heterocycles. The van der Waals surface area contributed by atoms with Gasteiger partial charge in [0.05, 0.1) is 7.11 Å². The zero-order valence-corrected chi connectivity index (χ0v) is 20.2. The van der Waals surface area contributed by atoms with E-state index in [9.17, 15) is 13.2 Å². The molecule has 1 heterocycles. The van der Waals surface area contributed by atoms with Gasteiger partial charge in [-0.05, 0) is 81.5 Å². The lowest BCUT2D eigenvalue weighted by atomic mass is 10.1. The van der Waals surface area contributed by atoms with Crippen molar-refractivity contribution >= 4 is 21.6 Å². The van der Waals surface area contributed by atoms with Crippen LogP contribution in [0.5, 0.6) is 11.5 Å². The monoisotopic (exact) mass is 460 g/mol. The third kappa shape index (κ3) is 5.24. The van der Waals surface area contributed by atoms with Crippen LogP contribution in [0.1, 0.15) is 42.9 Å². The van der Waals surface area contributed by atoms with E-state index in [0.717, 1.165) is 36.0 Å². The van der Waals surface area contributed by atoms with E-state index < -0.39 is 16.1 Å². The van der Waals surface area contributed by atoms with Gasteiger partial charge in [0.15, 0.2) is 6.10 Å². The summed E-state index contributed by atoms with van der Waals surface area (Å²) >= 11 is 0. The predicted octanol–water partition coefficient (Wildman–Crippen LogP) is 4.20. The number of ether oxygens (including phenoxy) is 2. The van der Waals surface area contributed by atoms with Crippen molar-refractivity contribution in [3.8, 4) is 11.5 Å². The zero-order valence-electron chi connectivity index (χ0n) is 19.4. The Hall–Kier alpha value is -2.58. The van der Waals surface area contributed by atoms with Gasteiger partial charge in [-0.3, -0.25) is 4.79 Å². The van der Waals surface area contributed by atoms with Crippen molar-refractivity contribution in [1.29, 1.82) is 0 Å². The summed E-state index contributed by atoms with van der Waals surface area (Å²) in [5.41, 5.74) is 3.50. The number of hydrogen-bond acceptors (Lipinski definition) is 5. The predicted molar refractivity (Wildman–Crippen MR) is 125 cm³/mol. The molecule has 8 heteroatoms. The number of hydrogen-bond donors (Lipinski definition) is 1. The maximum atomic E-state index is 13.2. The molecule has 0 saturated carbocycles. The molecule has 1 atom stereocenters. The molecule has 0 radical (unpaired) electrons. The fourth-order valence-electron chi connectivity index (χ4n) is 3.81. The number of anilines is 1. The van der Waals surface area contributed by atoms with Crippen LogP contribution >= 0.6 is 0 Å². The minimum absolute atomic E-state index is 0.0541. The van der Waals surface area contributed by atoms with E-state index in [-0.39, 0.29) is 16.6 Å². The molecule has 1 aliphatic rings. The molecular weight excluding hydrogens is 428 g/mol. The van der Waals surface area contributed by atoms with Crippen molar-refractivity contribution < 1.29 is 22.7 Å². The number of amides is 1. The standard InChI is InChI=1S/C24H32N2O5S/c1-16-13-17(2)18(3)22(14-16)31-19(4)24(27)25-20-9-10-21(30-5)23(15-20)32(28,29)26-11-7-6-8-12-26/h9-10,13-15,19H,6-8,11-12H2,1-5H3,(H,25,27)/t19-/m0/s1. The van der Waals surface area contributed by atoms with Gasteiger partial charge in [0.1, 0.15) is 16.4 Å². The van der Waals surface area contributed by atoms with Crippen molar-refractivity contribution in [2.45, 2.75) is 58.0 Å². The van der Waals surface area contributed by atoms with Crippen LogP contribution in [-0.4, -0.2) is 44.9 Å². The summed E-state index contributed by atoms with van der Waals surface area (Å²) in [6, 6.07) is 8.61. The number of benzene rings is 2. The van der Waals surface area contributed by atoms with Crippen molar-refractivity contribution in [3.63, 3.8) is 0 Å². The van der Waals surface area contributed by atoms with Gasteiger partial charge < -0.3 is 14.8 Å². The molecule has 0 bridgehead atoms. The van der Waals surface area contributed by atoms with Gasteiger partial charge in [-0.15, -0.1) is 0 Å². The first-order valence-corrected chi connectivity index (χ1v) is 12.3. The molecule has 0 aliphatic carbocycles. The normalized spacial score (nSPS) is 15.8. The molecule has 174 valence electrons. The molecule has 32 heavy (non-hydrogen) atoms. The van der Waals surface area contributed by atoms with Gasteiger partial charge >= 0.3 is 0 Å². The largest absolute Gasteiger partial charge is 0.495 e. The summed E-state index contributed by atoms with van der Waals surface area (Å²) in [7, 11) is -2.29. The van der Waals surface area contributed by atoms with Gasteiger partial charge in [-0.2, -0.15) is 4.31 Å². The number of piperidine rings is 1. The molecule has 1 amide bonds. The van der Waals surface area contributed by atoms with Crippen LogP contribution in [0.25, 0.3) is 0 Å². The van der Waals surface area contributed by atoms with E-state index in [1.54, 1.807) is 19.1 Å². The molecule has 1 aliphatic heterocycles. The SMILES string of the molecule is COc1ccc(NC(=O)[C@H](C)Oc2cc(C)cc(C)c2C)cc1S(=O)(=O)N1CCCCC1. The summed E-state index contributed by atoms with van der Waals surface area (Å²) in [6.45, 7) is 8.58. The van der Waals surface area contributed by atoms with Gasteiger partial charge in [-0.25, -0.2) is 8.42 Å². The second-order valence-corrected chi connectivity index (χ2v) is 10.2. The maximum Gasteiger partial charge on any atom is 0.265 e. The molecule has 2 aromatic rings. The van der Waals surface area contributed by atoms with Gasteiger partial charge in [0.25, 0.3) is 5.91 Å². The first-order valence-electron chi connectivity index (χ1n) is 10.9. The Morgan fingerprint density at radius 2 is 1.72 bits per heavy atom. The molecule has 0 unspecified atom stereocenters. The van der Waals surface area contributed by atoms with Gasteiger partial charge in [-0.1, -0.05) is 12.5 Å². The number of aryl methyl sites for hydroxylation is 2. The molecule has 0 spiro atoms. The van der Waals surface area contributed by atoms with Crippen LogP contribution in [0, 0.1) is 20.8 Å². The Bertz CT molecular complexity index is 1090. The van der Waals surface area contributed by atoms with Crippen molar-refractivity contribution in [1.82, 2.24) is 4.31 Å². The summed E-state index contributed by atoms with van der Waals surface area (Å²) in [5.74, 6) is 0.548. The van der Waals surface area contributed by atoms with Gasteiger partial charge in [0.2, 0.25) is 10.0 Å². The van der Waals surface area contributed by atoms with E-state index in [0.29, 0.717) is 24.5 Å². The highest BCUT2D eigenvalue weighted by Crippen LogP contribution is 2.31. The lowest BCUT2D eigenvalue weighted by Crippen LogP contribution is -2.36. The molecule has 1 fully saturated rings. The summed E-state index contributed by atoms with van der Waals surface area (Å²) < 4.78 is 39.1. The average Bonchev–Trinajstić information content (AvgIpc) is 2.77. The minimum Gasteiger partial charge on any atom is -0.495 e. The van der Waals surface area contributed by atoms with Crippen LogP contribution in [-0.2, 0) is 14.8 Å². The lowest BCUT2D eigenvalue weighted by molar-refractivity contribution is -0.122. The number of carbonyl (C=O) groups excluding carboxylic acids is 1. The van der Waals surface area contributed by atoms with Crippen molar-refractivity contribution in [2.75, 3.05) is 25.5 Å². The van der Waals surface area contributed by atoms with Crippen LogP contribution in [0.2, 0.25) is 0 Å². The van der Waals surface area contributed by atoms with Crippen LogP contribution in [0.4, 0.5) is 5.69 Å². The molecule has 3 rings (SSSR count). The fourth-order valence-corrected chi connectivity index (χ4v) is 5.51. The van der Waals surface area contributed by atoms with Gasteiger partial charge in [0, 0.05) is 18.8 Å². The zero-order chi connectivity index (χ0) is 23.5. The van der Waals surface area contributed by atoms with E-state index in [4.69, 9.17) is 9.47 Å². The van der Waals surface area contributed by atoms with Crippen molar-refractivity contribution in [2.24, 2.45) is 0 Å². The summed E-state index contributed by atoms with van der Waals surface area (Å²) in [5, 5.41) is 2.77. The number of nitrogens with zero attached hydrogens (tertiary/aromatic N) is 1. The average molecular weight is 461 g/mol. The Kier molecular flexibility index (Phi) is 7.46. The van der Waals surface area contributed by atoms with Crippen molar-refractivity contribution in [3.05, 3.63) is 47.0 Å². The van der Waals surface area contributed by atoms with E-state index in [1.165, 1.54) is 17.5 Å². The summed E-state index contributed by atoms with van der Waals surface area (Å²) in [6.07, 6.45) is 1.94. The van der Waals surface area contributed by atoms with Crippen LogP contribution in [0.3, 0.4) is 0 Å². The first kappa shape index (κ1) is 24.1. The third-order valence-corrected chi connectivity index (χ3v) is 7.72. The Labute approximate surface area is 190 Å². The van der Waals surface area contributed by atoms with E-state index in [2.05, 4.69) is 11.4 Å². The second-order valence-electron chi connectivity index (χ2n) is 8.28. The van der Waals surface area contributed by atoms with E-state index in [1.807, 2.05) is 26.8 Å². The molecule has 1 saturated heterocycles. The van der Waals surface area contributed by atoms with Crippen LogP contribution < -0.4 is 14.8 Å². The van der Waals surface area contributed by atoms with E-state index >= 15 is 0 Å². The summed E-state index contributed by atoms with van der Waals surface area (Å²) in [4.78, 5) is 12.8. The topological polar surface area (TPSA) is 84.9 Å². The number of sulfonamides is 1. The number of carbonyl (C=O) groups is 1. The molecule has 2 aromatic carbocycles. The number of rotatable bonds is 7. The quantitative estimate of drug-likeness (QED) is 0.669. The third-order valence-electron chi connectivity index (χ3n) is 5.80. The second kappa shape index (κ2) is 9.92. The smallest absolute Gasteiger partial charge is 0.265 e. The maximum absolute atomic E-state index is 13.2. The Balaban J connectivity index is 1.80. The highest BCUT2D eigenvalue weighted by atomic mass is 32.2. The minimum atomic E-state index is -3.72.